The predicted octanol–water partition coefficient (Wildman–Crippen LogP) is 4.58. The zero-order valence-corrected chi connectivity index (χ0v) is 23.3. The van der Waals surface area contributed by atoms with E-state index in [1.807, 2.05) is 0 Å². The number of carboxylic acid groups (broad SMARTS) is 1. The van der Waals surface area contributed by atoms with Gasteiger partial charge in [-0.2, -0.15) is 26.3 Å². The van der Waals surface area contributed by atoms with Crippen molar-refractivity contribution in [2.45, 2.75) is 51.5 Å². The van der Waals surface area contributed by atoms with Gasteiger partial charge >= 0.3 is 25.6 Å². The summed E-state index contributed by atoms with van der Waals surface area (Å²) in [5.74, 6) is -3.79. The number of nitrogens with zero attached hydrogens (tertiary/aromatic N) is 1. The van der Waals surface area contributed by atoms with Crippen LogP contribution in [0.25, 0.3) is 0 Å². The first-order valence-corrected chi connectivity index (χ1v) is 12.5. The third-order valence-electron chi connectivity index (χ3n) is 5.20. The predicted molar refractivity (Wildman–Crippen MR) is 139 cm³/mol. The van der Waals surface area contributed by atoms with Crippen molar-refractivity contribution in [2.75, 3.05) is 0 Å². The van der Waals surface area contributed by atoms with Gasteiger partial charge in [0.1, 0.15) is 0 Å². The van der Waals surface area contributed by atoms with Crippen molar-refractivity contribution >= 4 is 48.3 Å². The average molecular weight is 649 g/mol. The summed E-state index contributed by atoms with van der Waals surface area (Å²) in [6, 6.07) is 3.15. The van der Waals surface area contributed by atoms with Crippen LogP contribution in [0.5, 0.6) is 0 Å². The Hall–Kier alpha value is -3.05. The second-order valence-corrected chi connectivity index (χ2v) is 9.92. The molecule has 0 aromatic heterocycles. The highest BCUT2D eigenvalue weighted by Gasteiger charge is 2.37. The van der Waals surface area contributed by atoms with Gasteiger partial charge < -0.3 is 20.2 Å². The number of halogens is 8. The molecule has 1 atom stereocenters. The minimum atomic E-state index is -5.07. The topological polar surface area (TPSA) is 147 Å². The summed E-state index contributed by atoms with van der Waals surface area (Å²) in [6.45, 7) is 3.33. The Balaban J connectivity index is 0.00000206. The van der Waals surface area contributed by atoms with Gasteiger partial charge in [0.15, 0.2) is 6.04 Å². The molecular weight excluding hydrogens is 624 g/mol. The van der Waals surface area contributed by atoms with Gasteiger partial charge in [0.25, 0.3) is 5.91 Å². The second-order valence-electron chi connectivity index (χ2n) is 9.08. The molecule has 42 heavy (non-hydrogen) atoms. The van der Waals surface area contributed by atoms with Crippen LogP contribution in [-0.2, 0) is 28.4 Å². The minimum Gasteiger partial charge on any atom is -0.480 e. The van der Waals surface area contributed by atoms with E-state index >= 15 is 0 Å². The van der Waals surface area contributed by atoms with Crippen LogP contribution in [0.2, 0.25) is 10.0 Å². The Morgan fingerprint density at radius 1 is 0.929 bits per heavy atom. The number of carboxylic acids is 1. The molecule has 0 saturated heterocycles. The zero-order valence-electron chi connectivity index (χ0n) is 21.8. The van der Waals surface area contributed by atoms with E-state index in [0.717, 1.165) is 6.07 Å². The quantitative estimate of drug-likeness (QED) is 0.160. The van der Waals surface area contributed by atoms with Crippen LogP contribution in [0, 0.1) is 5.92 Å². The van der Waals surface area contributed by atoms with E-state index in [1.54, 1.807) is 13.8 Å². The maximum atomic E-state index is 13.2. The van der Waals surface area contributed by atoms with Gasteiger partial charge in [-0.3, -0.25) is 15.0 Å². The van der Waals surface area contributed by atoms with Crippen LogP contribution in [0.3, 0.4) is 0 Å². The number of aliphatic carboxylic acids is 1. The molecule has 0 radical (unpaired) electrons. The van der Waals surface area contributed by atoms with Crippen molar-refractivity contribution in [2.24, 2.45) is 5.92 Å². The normalized spacial score (nSPS) is 12.2. The Morgan fingerprint density at radius 2 is 1.43 bits per heavy atom. The van der Waals surface area contributed by atoms with Crippen LogP contribution in [0.1, 0.15) is 53.7 Å². The largest absolute Gasteiger partial charge is 0.631 e. The minimum absolute atomic E-state index is 0.0396. The Labute approximate surface area is 245 Å². The summed E-state index contributed by atoms with van der Waals surface area (Å²) >= 11 is 12.0. The number of aryl methyl sites for hydroxylation is 1. The molecule has 0 unspecified atom stereocenters. The monoisotopic (exact) mass is 648 g/mol. The molecule has 0 saturated carbocycles. The molecule has 0 bridgehead atoms. The number of rotatable bonds is 8. The highest BCUT2D eigenvalue weighted by molar-refractivity contribution is 6.35. The van der Waals surface area contributed by atoms with E-state index < -0.39 is 73.0 Å². The van der Waals surface area contributed by atoms with E-state index in [1.165, 1.54) is 12.1 Å². The summed E-state index contributed by atoms with van der Waals surface area (Å²) in [5.41, 5.74) is -1.63. The fourth-order valence-corrected chi connectivity index (χ4v) is 3.81. The van der Waals surface area contributed by atoms with Crippen LogP contribution < -0.4 is 5.43 Å². The lowest BCUT2D eigenvalue weighted by Crippen LogP contribution is -2.55. The first-order valence-electron chi connectivity index (χ1n) is 11.8. The number of hydrazine groups is 1. The summed E-state index contributed by atoms with van der Waals surface area (Å²) in [7, 11) is -2.17. The number of carbonyl (C=O) groups is 3. The second kappa shape index (κ2) is 15.4. The van der Waals surface area contributed by atoms with E-state index in [0.29, 0.717) is 17.1 Å². The number of nitrogens with one attached hydrogen (secondary N) is 1. The van der Waals surface area contributed by atoms with Gasteiger partial charge in [-0.1, -0.05) is 37.0 Å². The van der Waals surface area contributed by atoms with Gasteiger partial charge in [0, 0.05) is 11.4 Å². The van der Waals surface area contributed by atoms with Gasteiger partial charge in [0.2, 0.25) is 5.91 Å². The molecule has 2 amide bonds. The first-order chi connectivity index (χ1) is 19.1. The van der Waals surface area contributed by atoms with Gasteiger partial charge in [0.05, 0.1) is 21.7 Å². The number of carbonyl (C=O) groups excluding carboxylic acids is 2. The van der Waals surface area contributed by atoms with Crippen molar-refractivity contribution in [3.63, 3.8) is 0 Å². The van der Waals surface area contributed by atoms with Crippen LogP contribution in [0.4, 0.5) is 26.3 Å². The van der Waals surface area contributed by atoms with Crippen molar-refractivity contribution in [3.05, 3.63) is 68.7 Å². The molecule has 0 aliphatic rings. The van der Waals surface area contributed by atoms with Crippen molar-refractivity contribution in [3.8, 4) is 0 Å². The molecule has 0 fully saturated rings. The molecule has 2 aromatic carbocycles. The van der Waals surface area contributed by atoms with Crippen LogP contribution in [0.15, 0.2) is 36.4 Å². The molecule has 0 aliphatic carbocycles. The maximum Gasteiger partial charge on any atom is 0.631 e. The van der Waals surface area contributed by atoms with Crippen LogP contribution in [-0.4, -0.2) is 56.3 Å². The molecule has 2 rings (SSSR count). The first kappa shape index (κ1) is 37.0. The molecule has 5 N–H and O–H groups in total. The summed E-state index contributed by atoms with van der Waals surface area (Å²) in [5, 5.41) is 31.7. The number of alkyl halides is 6. The summed E-state index contributed by atoms with van der Waals surface area (Å²) in [6.07, 6.45) is -11.5. The molecular formula is C24H25BCl2F6N2O7. The number of amides is 2. The van der Waals surface area contributed by atoms with E-state index in [-0.39, 0.29) is 34.0 Å². The van der Waals surface area contributed by atoms with Gasteiger partial charge in [-0.25, -0.2) is 9.80 Å². The third-order valence-corrected chi connectivity index (χ3v) is 5.77. The number of benzene rings is 2. The third kappa shape index (κ3) is 12.1. The highest BCUT2D eigenvalue weighted by Crippen LogP contribution is 2.36. The van der Waals surface area contributed by atoms with Crippen molar-refractivity contribution in [1.29, 1.82) is 0 Å². The highest BCUT2D eigenvalue weighted by atomic mass is 35.5. The zero-order chi connectivity index (χ0) is 32.6. The Kier molecular flexibility index (Phi) is 13.6. The Morgan fingerprint density at radius 3 is 1.86 bits per heavy atom. The fraction of sp³-hybridized carbons (Fsp3) is 0.375. The molecule has 0 spiro atoms. The molecule has 232 valence electrons. The van der Waals surface area contributed by atoms with Gasteiger partial charge in [-0.05, 0) is 60.7 Å². The lowest BCUT2D eigenvalue weighted by Gasteiger charge is -2.30. The van der Waals surface area contributed by atoms with E-state index in [9.17, 15) is 45.8 Å². The number of hydrogen-bond acceptors (Lipinski definition) is 6. The molecule has 18 heteroatoms. The van der Waals surface area contributed by atoms with Gasteiger partial charge in [-0.15, -0.1) is 0 Å². The fourth-order valence-electron chi connectivity index (χ4n) is 3.44. The van der Waals surface area contributed by atoms with E-state index in [4.69, 9.17) is 38.3 Å². The average Bonchev–Trinajstić information content (AvgIpc) is 2.84. The van der Waals surface area contributed by atoms with Crippen molar-refractivity contribution < 1.29 is 60.9 Å². The molecule has 2 aromatic rings. The lowest BCUT2D eigenvalue weighted by molar-refractivity contribution is -0.146. The Bertz CT molecular complexity index is 1230. The SMILES string of the molecule is CC(C)C[C@@H](C(=O)O)N(NC(=O)CCc1cc(C(F)(F)F)cc(C(F)(F)F)c1)C(=O)c1cc(Cl)ccc1Cl.OB(O)O. The summed E-state index contributed by atoms with van der Waals surface area (Å²) < 4.78 is 78.7. The maximum absolute atomic E-state index is 13.2. The van der Waals surface area contributed by atoms with Crippen molar-refractivity contribution in [1.82, 2.24) is 10.4 Å². The lowest BCUT2D eigenvalue weighted by atomic mass is 10.0. The summed E-state index contributed by atoms with van der Waals surface area (Å²) in [4.78, 5) is 37.9. The smallest absolute Gasteiger partial charge is 0.480 e. The van der Waals surface area contributed by atoms with E-state index in [2.05, 4.69) is 5.43 Å². The van der Waals surface area contributed by atoms with Crippen LogP contribution >= 0.6 is 23.2 Å². The molecule has 0 aliphatic heterocycles. The molecule has 9 nitrogen and oxygen atoms in total. The molecule has 0 heterocycles. The standard InChI is InChI=1S/C24H22Cl2F6N2O4.BH3O3/c1-12(2)7-19(22(37)38)34(21(36)17-11-16(25)4-5-18(17)26)33-20(35)6-3-13-8-14(23(27,28)29)10-15(9-13)24(30,31)32;2-1(3)4/h4-5,8-12,19H,3,6-7H2,1-2H3,(H,33,35)(H,37,38);2-4H/t19-;/m0./s1. The number of hydrogen-bond donors (Lipinski definition) is 5.